The number of fused-ring (bicyclic) bond motifs is 1. The highest BCUT2D eigenvalue weighted by Crippen LogP contribution is 2.43. The van der Waals surface area contributed by atoms with E-state index in [1.165, 1.54) is 6.92 Å². The Morgan fingerprint density at radius 2 is 1.91 bits per heavy atom. The van der Waals surface area contributed by atoms with Gasteiger partial charge < -0.3 is 10.1 Å². The van der Waals surface area contributed by atoms with Crippen molar-refractivity contribution in [3.63, 3.8) is 0 Å². The molecule has 1 N–H and O–H groups in total. The minimum absolute atomic E-state index is 0.0474. The standard InChI is InChI=1S/C18H17Cl2NO2/c1-11(22)21-10-13-9-8-12-4-2-5-14(18(12)23-13)17-15(19)6-3-7-16(17)20/h2-7,13H,8-10H2,1H3,(H,21,22)/t13-/m1/s1. The lowest BCUT2D eigenvalue weighted by atomic mass is 9.95. The molecule has 120 valence electrons. The van der Waals surface area contributed by atoms with Crippen molar-refractivity contribution < 1.29 is 9.53 Å². The Balaban J connectivity index is 1.97. The molecule has 0 saturated heterocycles. The highest BCUT2D eigenvalue weighted by molar-refractivity contribution is 6.39. The van der Waals surface area contributed by atoms with Gasteiger partial charge in [-0.2, -0.15) is 0 Å². The van der Waals surface area contributed by atoms with Crippen molar-refractivity contribution in [3.8, 4) is 16.9 Å². The van der Waals surface area contributed by atoms with E-state index in [-0.39, 0.29) is 12.0 Å². The quantitative estimate of drug-likeness (QED) is 0.886. The number of hydrogen-bond donors (Lipinski definition) is 1. The van der Waals surface area contributed by atoms with Crippen LogP contribution < -0.4 is 10.1 Å². The number of carbonyl (C=O) groups excluding carboxylic acids is 1. The topological polar surface area (TPSA) is 38.3 Å². The first-order chi connectivity index (χ1) is 11.1. The fourth-order valence-corrected chi connectivity index (χ4v) is 3.42. The van der Waals surface area contributed by atoms with Gasteiger partial charge in [0.15, 0.2) is 0 Å². The Hall–Kier alpha value is -1.71. The average Bonchev–Trinajstić information content (AvgIpc) is 2.53. The first kappa shape index (κ1) is 16.2. The lowest BCUT2D eigenvalue weighted by Gasteiger charge is -2.28. The second-order valence-corrected chi connectivity index (χ2v) is 6.42. The Labute approximate surface area is 145 Å². The smallest absolute Gasteiger partial charge is 0.217 e. The number of benzene rings is 2. The Morgan fingerprint density at radius 3 is 2.61 bits per heavy atom. The van der Waals surface area contributed by atoms with Gasteiger partial charge in [-0.05, 0) is 30.5 Å². The van der Waals surface area contributed by atoms with Crippen LogP contribution in [0.15, 0.2) is 36.4 Å². The number of halogens is 2. The minimum Gasteiger partial charge on any atom is -0.488 e. The van der Waals surface area contributed by atoms with Crippen LogP contribution in [0, 0.1) is 0 Å². The molecule has 0 unspecified atom stereocenters. The molecule has 2 aromatic carbocycles. The molecule has 3 rings (SSSR count). The van der Waals surface area contributed by atoms with Crippen molar-refractivity contribution in [2.75, 3.05) is 6.54 Å². The van der Waals surface area contributed by atoms with E-state index in [9.17, 15) is 4.79 Å². The lowest BCUT2D eigenvalue weighted by Crippen LogP contribution is -2.36. The molecule has 1 amide bonds. The second-order valence-electron chi connectivity index (χ2n) is 5.61. The number of nitrogens with one attached hydrogen (secondary N) is 1. The summed E-state index contributed by atoms with van der Waals surface area (Å²) < 4.78 is 6.15. The SMILES string of the molecule is CC(=O)NC[C@H]1CCc2cccc(-c3c(Cl)cccc3Cl)c2O1. The largest absolute Gasteiger partial charge is 0.488 e. The zero-order valence-corrected chi connectivity index (χ0v) is 14.2. The van der Waals surface area contributed by atoms with Crippen molar-refractivity contribution in [3.05, 3.63) is 52.0 Å². The van der Waals surface area contributed by atoms with Crippen LogP contribution in [0.4, 0.5) is 0 Å². The molecule has 0 saturated carbocycles. The van der Waals surface area contributed by atoms with E-state index in [0.717, 1.165) is 35.3 Å². The molecule has 0 spiro atoms. The average molecular weight is 350 g/mol. The number of aryl methyl sites for hydroxylation is 1. The van der Waals surface area contributed by atoms with Gasteiger partial charge in [-0.3, -0.25) is 4.79 Å². The van der Waals surface area contributed by atoms with E-state index in [4.69, 9.17) is 27.9 Å². The van der Waals surface area contributed by atoms with E-state index < -0.39 is 0 Å². The van der Waals surface area contributed by atoms with Crippen LogP contribution in [0.1, 0.15) is 18.9 Å². The number of amides is 1. The van der Waals surface area contributed by atoms with E-state index in [1.807, 2.05) is 30.3 Å². The van der Waals surface area contributed by atoms with Gasteiger partial charge in [0, 0.05) is 18.1 Å². The van der Waals surface area contributed by atoms with E-state index >= 15 is 0 Å². The van der Waals surface area contributed by atoms with Gasteiger partial charge in [0.05, 0.1) is 16.6 Å². The van der Waals surface area contributed by atoms with Crippen LogP contribution in [0.5, 0.6) is 5.75 Å². The van der Waals surface area contributed by atoms with Crippen LogP contribution in [-0.2, 0) is 11.2 Å². The molecule has 1 heterocycles. The van der Waals surface area contributed by atoms with Crippen molar-refractivity contribution in [1.29, 1.82) is 0 Å². The molecule has 0 aromatic heterocycles. The van der Waals surface area contributed by atoms with Gasteiger partial charge in [0.1, 0.15) is 11.9 Å². The molecule has 1 aliphatic heterocycles. The highest BCUT2D eigenvalue weighted by Gasteiger charge is 2.24. The van der Waals surface area contributed by atoms with Crippen LogP contribution >= 0.6 is 23.2 Å². The fourth-order valence-electron chi connectivity index (χ4n) is 2.82. The maximum atomic E-state index is 11.1. The predicted molar refractivity (Wildman–Crippen MR) is 93.3 cm³/mol. The van der Waals surface area contributed by atoms with Crippen molar-refractivity contribution >= 4 is 29.1 Å². The predicted octanol–water partition coefficient (Wildman–Crippen LogP) is 4.49. The molecule has 0 fully saturated rings. The third-order valence-corrected chi connectivity index (χ3v) is 4.56. The summed E-state index contributed by atoms with van der Waals surface area (Å²) in [7, 11) is 0. The maximum absolute atomic E-state index is 11.1. The summed E-state index contributed by atoms with van der Waals surface area (Å²) >= 11 is 12.7. The molecule has 1 aliphatic rings. The Morgan fingerprint density at radius 1 is 1.22 bits per heavy atom. The number of carbonyl (C=O) groups is 1. The van der Waals surface area contributed by atoms with Crippen molar-refractivity contribution in [1.82, 2.24) is 5.32 Å². The third-order valence-electron chi connectivity index (χ3n) is 3.93. The van der Waals surface area contributed by atoms with E-state index in [0.29, 0.717) is 16.6 Å². The number of rotatable bonds is 3. The van der Waals surface area contributed by atoms with Crippen molar-refractivity contribution in [2.45, 2.75) is 25.9 Å². The van der Waals surface area contributed by atoms with Crippen LogP contribution in [0.3, 0.4) is 0 Å². The van der Waals surface area contributed by atoms with E-state index in [1.54, 1.807) is 0 Å². The van der Waals surface area contributed by atoms with Crippen LogP contribution in [0.25, 0.3) is 11.1 Å². The second kappa shape index (κ2) is 6.81. The summed E-state index contributed by atoms with van der Waals surface area (Å²) in [4.78, 5) is 11.1. The molecule has 1 atom stereocenters. The molecular formula is C18H17Cl2NO2. The molecule has 23 heavy (non-hydrogen) atoms. The van der Waals surface area contributed by atoms with E-state index in [2.05, 4.69) is 11.4 Å². The van der Waals surface area contributed by atoms with Gasteiger partial charge >= 0.3 is 0 Å². The first-order valence-corrected chi connectivity index (χ1v) is 8.29. The molecular weight excluding hydrogens is 333 g/mol. The number of para-hydroxylation sites is 1. The summed E-state index contributed by atoms with van der Waals surface area (Å²) in [6, 6.07) is 11.5. The number of ether oxygens (including phenoxy) is 1. The van der Waals surface area contributed by atoms with Gasteiger partial charge in [0.2, 0.25) is 5.91 Å². The highest BCUT2D eigenvalue weighted by atomic mass is 35.5. The summed E-state index contributed by atoms with van der Waals surface area (Å²) in [5, 5.41) is 4.00. The molecule has 0 radical (unpaired) electrons. The summed E-state index contributed by atoms with van der Waals surface area (Å²) in [5.74, 6) is 0.755. The van der Waals surface area contributed by atoms with Gasteiger partial charge in [-0.15, -0.1) is 0 Å². The Bertz CT molecular complexity index is 726. The molecule has 5 heteroatoms. The monoisotopic (exact) mass is 349 g/mol. The van der Waals surface area contributed by atoms with Crippen molar-refractivity contribution in [2.24, 2.45) is 0 Å². The van der Waals surface area contributed by atoms with Gasteiger partial charge in [-0.25, -0.2) is 0 Å². The maximum Gasteiger partial charge on any atom is 0.217 e. The molecule has 3 nitrogen and oxygen atoms in total. The zero-order valence-electron chi connectivity index (χ0n) is 12.7. The summed E-state index contributed by atoms with van der Waals surface area (Å²) in [6.07, 6.45) is 1.72. The van der Waals surface area contributed by atoms with Gasteiger partial charge in [0.25, 0.3) is 0 Å². The molecule has 0 aliphatic carbocycles. The Kier molecular flexibility index (Phi) is 4.79. The normalized spacial score (nSPS) is 16.4. The first-order valence-electron chi connectivity index (χ1n) is 7.53. The summed E-state index contributed by atoms with van der Waals surface area (Å²) in [6.45, 7) is 2.01. The van der Waals surface area contributed by atoms with Crippen LogP contribution in [-0.4, -0.2) is 18.6 Å². The van der Waals surface area contributed by atoms with Crippen LogP contribution in [0.2, 0.25) is 10.0 Å². The minimum atomic E-state index is -0.0539. The molecule has 0 bridgehead atoms. The molecule has 2 aromatic rings. The zero-order chi connectivity index (χ0) is 16.4. The lowest BCUT2D eigenvalue weighted by molar-refractivity contribution is -0.119. The third kappa shape index (κ3) is 3.46. The van der Waals surface area contributed by atoms with Gasteiger partial charge in [-0.1, -0.05) is 47.5 Å². The number of hydrogen-bond acceptors (Lipinski definition) is 2. The summed E-state index contributed by atoms with van der Waals surface area (Å²) in [5.41, 5.74) is 2.82. The fraction of sp³-hybridized carbons (Fsp3) is 0.278.